The van der Waals surface area contributed by atoms with Crippen molar-refractivity contribution >= 4 is 23.4 Å². The minimum atomic E-state index is -0.259. The van der Waals surface area contributed by atoms with Gasteiger partial charge in [0, 0.05) is 31.1 Å². The van der Waals surface area contributed by atoms with Crippen LogP contribution in [0.4, 0.5) is 4.39 Å². The Morgan fingerprint density at radius 1 is 1.09 bits per heavy atom. The van der Waals surface area contributed by atoms with Crippen LogP contribution in [0.1, 0.15) is 60.9 Å². The molecule has 2 aliphatic rings. The van der Waals surface area contributed by atoms with Crippen LogP contribution in [0.5, 0.6) is 5.75 Å². The summed E-state index contributed by atoms with van der Waals surface area (Å²) in [4.78, 5) is 27.7. The topological polar surface area (TPSA) is 58.6 Å². The number of benzene rings is 2. The number of carbonyl (C=O) groups is 2. The van der Waals surface area contributed by atoms with Crippen molar-refractivity contribution in [2.75, 3.05) is 26.2 Å². The number of aryl methyl sites for hydroxylation is 1. The summed E-state index contributed by atoms with van der Waals surface area (Å²) in [5.74, 6) is 0.189. The highest BCUT2D eigenvalue weighted by Crippen LogP contribution is 2.37. The largest absolute Gasteiger partial charge is 0.493 e. The number of ether oxygens (including phenoxy) is 1. The summed E-state index contributed by atoms with van der Waals surface area (Å²) in [6.45, 7) is 2.46. The third-order valence-electron chi connectivity index (χ3n) is 7.16. The van der Waals surface area contributed by atoms with Crippen molar-refractivity contribution in [1.29, 1.82) is 0 Å². The summed E-state index contributed by atoms with van der Waals surface area (Å²) >= 11 is 6.13. The Morgan fingerprint density at radius 3 is 2.68 bits per heavy atom. The molecule has 0 saturated carbocycles. The van der Waals surface area contributed by atoms with Gasteiger partial charge >= 0.3 is 0 Å². The van der Waals surface area contributed by atoms with Crippen LogP contribution in [0.2, 0.25) is 5.02 Å². The second kappa shape index (κ2) is 11.2. The van der Waals surface area contributed by atoms with Gasteiger partial charge in [-0.05, 0) is 67.3 Å². The van der Waals surface area contributed by atoms with Crippen LogP contribution in [0.15, 0.2) is 42.5 Å². The van der Waals surface area contributed by atoms with Gasteiger partial charge in [0.15, 0.2) is 0 Å². The van der Waals surface area contributed by atoms with Gasteiger partial charge < -0.3 is 15.0 Å². The van der Waals surface area contributed by atoms with Gasteiger partial charge in [-0.3, -0.25) is 9.59 Å². The molecule has 1 spiro atoms. The van der Waals surface area contributed by atoms with E-state index in [2.05, 4.69) is 5.32 Å². The number of piperidine rings is 1. The molecule has 0 aliphatic carbocycles. The van der Waals surface area contributed by atoms with E-state index in [9.17, 15) is 14.0 Å². The zero-order valence-electron chi connectivity index (χ0n) is 19.5. The van der Waals surface area contributed by atoms with Crippen molar-refractivity contribution in [3.05, 3.63) is 64.4 Å². The van der Waals surface area contributed by atoms with Gasteiger partial charge in [-0.15, -0.1) is 0 Å². The molecule has 7 heteroatoms. The maximum absolute atomic E-state index is 13.9. The van der Waals surface area contributed by atoms with Crippen molar-refractivity contribution in [2.24, 2.45) is 5.41 Å². The summed E-state index contributed by atoms with van der Waals surface area (Å²) in [5.41, 5.74) is 1.01. The number of amides is 2. The highest BCUT2D eigenvalue weighted by atomic mass is 35.5. The summed E-state index contributed by atoms with van der Waals surface area (Å²) in [5, 5.41) is 3.62. The summed E-state index contributed by atoms with van der Waals surface area (Å²) in [6.07, 6.45) is 6.47. The Labute approximate surface area is 205 Å². The van der Waals surface area contributed by atoms with Crippen LogP contribution in [-0.4, -0.2) is 43.0 Å². The minimum absolute atomic E-state index is 0.0310. The molecule has 182 valence electrons. The molecule has 0 aromatic heterocycles. The Bertz CT molecular complexity index is 1020. The predicted octanol–water partition coefficient (Wildman–Crippen LogP) is 5.40. The molecule has 4 rings (SSSR count). The lowest BCUT2D eigenvalue weighted by Crippen LogP contribution is -2.48. The third-order valence-corrected chi connectivity index (χ3v) is 7.40. The molecular formula is C27H32ClFN2O3. The number of likely N-dealkylation sites (tertiary alicyclic amines) is 1. The lowest BCUT2D eigenvalue weighted by molar-refractivity contribution is -0.133. The average Bonchev–Trinajstić information content (AvgIpc) is 2.84. The molecule has 0 bridgehead atoms. The molecule has 2 heterocycles. The van der Waals surface area contributed by atoms with Crippen LogP contribution < -0.4 is 10.1 Å². The van der Waals surface area contributed by atoms with E-state index in [1.54, 1.807) is 36.4 Å². The van der Waals surface area contributed by atoms with Gasteiger partial charge in [0.1, 0.15) is 11.6 Å². The zero-order chi connectivity index (χ0) is 24.0. The number of rotatable bonds is 3. The maximum atomic E-state index is 13.9. The summed E-state index contributed by atoms with van der Waals surface area (Å²) in [6, 6.07) is 11.8. The Balaban J connectivity index is 1.37. The zero-order valence-corrected chi connectivity index (χ0v) is 20.2. The number of fused-ring (bicyclic) bond motifs is 1. The smallest absolute Gasteiger partial charge is 0.255 e. The van der Waals surface area contributed by atoms with Gasteiger partial charge in [0.05, 0.1) is 12.2 Å². The third kappa shape index (κ3) is 6.09. The number of nitrogens with zero attached hydrogens (tertiary/aromatic N) is 1. The van der Waals surface area contributed by atoms with E-state index >= 15 is 0 Å². The maximum Gasteiger partial charge on any atom is 0.255 e. The molecule has 1 saturated heterocycles. The normalized spacial score (nSPS) is 18.8. The van der Waals surface area contributed by atoms with Gasteiger partial charge in [-0.2, -0.15) is 0 Å². The van der Waals surface area contributed by atoms with Crippen LogP contribution in [0, 0.1) is 11.2 Å². The van der Waals surface area contributed by atoms with Crippen molar-refractivity contribution in [3.63, 3.8) is 0 Å². The SMILES string of the molecule is O=C1NCC2(CCCCCOc3ccc(Cl)cc31)CCN(C(=O)CCc1ccccc1F)CC2. The minimum Gasteiger partial charge on any atom is -0.493 e. The first-order valence-corrected chi connectivity index (χ1v) is 12.6. The number of hydrogen-bond acceptors (Lipinski definition) is 3. The number of carbonyl (C=O) groups excluding carboxylic acids is 2. The number of hydrogen-bond donors (Lipinski definition) is 1. The van der Waals surface area contributed by atoms with E-state index in [0.29, 0.717) is 61.0 Å². The fraction of sp³-hybridized carbons (Fsp3) is 0.481. The number of nitrogens with one attached hydrogen (secondary N) is 1. The van der Waals surface area contributed by atoms with Crippen LogP contribution in [0.3, 0.4) is 0 Å². The highest BCUT2D eigenvalue weighted by molar-refractivity contribution is 6.31. The molecule has 0 unspecified atom stereocenters. The standard InChI is InChI=1S/C27H32ClFN2O3/c28-21-9-10-24-22(18-21)26(33)30-19-27(12-4-1-5-17-34-24)13-15-31(16-14-27)25(32)11-8-20-6-2-3-7-23(20)29/h2-3,6-7,9-10,18H,1,4-5,8,11-17,19H2,(H,30,33). The van der Waals surface area contributed by atoms with Crippen molar-refractivity contribution in [2.45, 2.75) is 51.4 Å². The molecule has 2 amide bonds. The van der Waals surface area contributed by atoms with Gasteiger partial charge in [0.25, 0.3) is 5.91 Å². The van der Waals surface area contributed by atoms with E-state index in [1.807, 2.05) is 4.90 Å². The number of halogens is 2. The molecule has 2 aromatic carbocycles. The molecule has 2 aromatic rings. The summed E-state index contributed by atoms with van der Waals surface area (Å²) < 4.78 is 19.7. The molecule has 1 fully saturated rings. The molecule has 5 nitrogen and oxygen atoms in total. The molecule has 0 atom stereocenters. The molecular weight excluding hydrogens is 455 g/mol. The molecule has 1 N–H and O–H groups in total. The van der Waals surface area contributed by atoms with Crippen molar-refractivity contribution < 1.29 is 18.7 Å². The molecule has 34 heavy (non-hydrogen) atoms. The van der Waals surface area contributed by atoms with E-state index in [1.165, 1.54) is 6.07 Å². The van der Waals surface area contributed by atoms with Crippen LogP contribution in [0.25, 0.3) is 0 Å². The Kier molecular flexibility index (Phi) is 8.09. The average molecular weight is 487 g/mol. The van der Waals surface area contributed by atoms with Gasteiger partial charge in [-0.1, -0.05) is 42.6 Å². The lowest BCUT2D eigenvalue weighted by atomic mass is 9.74. The van der Waals surface area contributed by atoms with Crippen LogP contribution >= 0.6 is 11.6 Å². The lowest BCUT2D eigenvalue weighted by Gasteiger charge is -2.42. The monoisotopic (exact) mass is 486 g/mol. The second-order valence-corrected chi connectivity index (χ2v) is 9.89. The van der Waals surface area contributed by atoms with E-state index < -0.39 is 0 Å². The van der Waals surface area contributed by atoms with E-state index in [4.69, 9.17) is 16.3 Å². The first-order valence-electron chi connectivity index (χ1n) is 12.2. The van der Waals surface area contributed by atoms with Crippen molar-refractivity contribution in [3.8, 4) is 5.75 Å². The Hall–Kier alpha value is -2.60. The molecule has 0 radical (unpaired) electrons. The fourth-order valence-corrected chi connectivity index (χ4v) is 5.15. The predicted molar refractivity (Wildman–Crippen MR) is 131 cm³/mol. The summed E-state index contributed by atoms with van der Waals surface area (Å²) in [7, 11) is 0. The highest BCUT2D eigenvalue weighted by Gasteiger charge is 2.36. The second-order valence-electron chi connectivity index (χ2n) is 9.45. The van der Waals surface area contributed by atoms with Crippen LogP contribution in [-0.2, 0) is 11.2 Å². The van der Waals surface area contributed by atoms with E-state index in [0.717, 1.165) is 38.5 Å². The first kappa shape index (κ1) is 24.5. The Morgan fingerprint density at radius 2 is 1.88 bits per heavy atom. The quantitative estimate of drug-likeness (QED) is 0.631. The van der Waals surface area contributed by atoms with Gasteiger partial charge in [0.2, 0.25) is 5.91 Å². The molecule has 2 aliphatic heterocycles. The fourth-order valence-electron chi connectivity index (χ4n) is 4.98. The van der Waals surface area contributed by atoms with Gasteiger partial charge in [-0.25, -0.2) is 4.39 Å². The van der Waals surface area contributed by atoms with E-state index in [-0.39, 0.29) is 23.0 Å². The first-order chi connectivity index (χ1) is 16.5. The van der Waals surface area contributed by atoms with Crippen molar-refractivity contribution in [1.82, 2.24) is 10.2 Å².